The second kappa shape index (κ2) is 9.85. The molecule has 1 aromatic carbocycles. The lowest BCUT2D eigenvalue weighted by atomic mass is 10.0. The van der Waals surface area contributed by atoms with Crippen LogP contribution in [0.1, 0.15) is 46.6 Å². The fourth-order valence-corrected chi connectivity index (χ4v) is 4.82. The summed E-state index contributed by atoms with van der Waals surface area (Å²) >= 11 is 0. The molecule has 6 nitrogen and oxygen atoms in total. The number of hydrogen-bond acceptors (Lipinski definition) is 5. The summed E-state index contributed by atoms with van der Waals surface area (Å²) in [4.78, 5) is 23.7. The van der Waals surface area contributed by atoms with Gasteiger partial charge in [-0.1, -0.05) is 0 Å². The number of alkyl halides is 3. The molecule has 1 aliphatic carbocycles. The van der Waals surface area contributed by atoms with Gasteiger partial charge in [0.25, 0.3) is 5.91 Å². The molecule has 1 amide bonds. The topological polar surface area (TPSA) is 67.3 Å². The first-order valence-corrected chi connectivity index (χ1v) is 12.1. The van der Waals surface area contributed by atoms with E-state index in [1.54, 1.807) is 24.0 Å². The summed E-state index contributed by atoms with van der Waals surface area (Å²) in [6, 6.07) is 8.34. The zero-order chi connectivity index (χ0) is 27.1. The van der Waals surface area contributed by atoms with E-state index in [1.807, 2.05) is 0 Å². The SMILES string of the molecule is Cc1ccc(OCc2cc(F)cc(F)c2)c(C(=O)N2CC3(CC3)C[C@H]2CNc2ccc(C(F)(F)F)cn2)n1. The van der Waals surface area contributed by atoms with Crippen molar-refractivity contribution in [3.8, 4) is 5.75 Å². The van der Waals surface area contributed by atoms with E-state index in [2.05, 4.69) is 15.3 Å². The maximum Gasteiger partial charge on any atom is 0.417 e. The molecule has 1 atom stereocenters. The highest BCUT2D eigenvalue weighted by Crippen LogP contribution is 2.55. The summed E-state index contributed by atoms with van der Waals surface area (Å²) in [5, 5.41) is 3.06. The van der Waals surface area contributed by atoms with Crippen molar-refractivity contribution in [3.05, 3.63) is 82.8 Å². The fraction of sp³-hybridized carbons (Fsp3) is 0.370. The van der Waals surface area contributed by atoms with E-state index in [1.165, 1.54) is 6.07 Å². The molecule has 3 heterocycles. The van der Waals surface area contributed by atoms with Gasteiger partial charge in [-0.05, 0) is 73.6 Å². The van der Waals surface area contributed by atoms with Gasteiger partial charge in [-0.15, -0.1) is 0 Å². The lowest BCUT2D eigenvalue weighted by molar-refractivity contribution is -0.137. The van der Waals surface area contributed by atoms with E-state index in [0.717, 1.165) is 49.7 Å². The maximum atomic E-state index is 13.7. The monoisotopic (exact) mass is 532 g/mol. The lowest BCUT2D eigenvalue weighted by Gasteiger charge is -2.26. The Morgan fingerprint density at radius 1 is 1.13 bits per heavy atom. The number of halogens is 5. The minimum Gasteiger partial charge on any atom is -0.486 e. The zero-order valence-electron chi connectivity index (χ0n) is 20.5. The van der Waals surface area contributed by atoms with Crippen LogP contribution in [-0.4, -0.2) is 39.9 Å². The molecule has 200 valence electrons. The first kappa shape index (κ1) is 25.9. The molecule has 1 saturated heterocycles. The molecule has 0 radical (unpaired) electrons. The lowest BCUT2D eigenvalue weighted by Crippen LogP contribution is -2.40. The highest BCUT2D eigenvalue weighted by molar-refractivity contribution is 5.95. The number of pyridine rings is 2. The third kappa shape index (κ3) is 5.71. The third-order valence-corrected chi connectivity index (χ3v) is 6.96. The van der Waals surface area contributed by atoms with Crippen LogP contribution in [-0.2, 0) is 12.8 Å². The van der Waals surface area contributed by atoms with Gasteiger partial charge in [0.1, 0.15) is 24.1 Å². The summed E-state index contributed by atoms with van der Waals surface area (Å²) in [6.45, 7) is 2.41. The largest absolute Gasteiger partial charge is 0.486 e. The standard InChI is InChI=1S/C27H25F5N4O2/c1-16-2-4-22(38-14-17-8-19(28)10-20(29)9-17)24(35-16)25(37)36-15-26(6-7-26)11-21(36)13-34-23-5-3-18(12-33-23)27(30,31)32/h2-5,8-10,12,21H,6-7,11,13-15H2,1H3,(H,33,34)/t21-/m0/s1. The Labute approximate surface area is 215 Å². The van der Waals surface area contributed by atoms with E-state index < -0.39 is 23.4 Å². The van der Waals surface area contributed by atoms with Crippen LogP contribution in [0.4, 0.5) is 27.8 Å². The first-order valence-electron chi connectivity index (χ1n) is 12.1. The Kier molecular flexibility index (Phi) is 6.70. The summed E-state index contributed by atoms with van der Waals surface area (Å²) in [5.74, 6) is -1.33. The number of ether oxygens (including phenoxy) is 1. The number of nitrogens with zero attached hydrogens (tertiary/aromatic N) is 3. The fourth-order valence-electron chi connectivity index (χ4n) is 4.82. The van der Waals surface area contributed by atoms with Gasteiger partial charge in [0.2, 0.25) is 0 Å². The average molecular weight is 533 g/mol. The highest BCUT2D eigenvalue weighted by atomic mass is 19.4. The molecule has 1 aliphatic heterocycles. The number of hydrogen-bond donors (Lipinski definition) is 1. The molecule has 0 unspecified atom stereocenters. The summed E-state index contributed by atoms with van der Waals surface area (Å²) < 4.78 is 71.5. The van der Waals surface area contributed by atoms with Gasteiger partial charge in [0.05, 0.1) is 5.56 Å². The van der Waals surface area contributed by atoms with Crippen LogP contribution in [0.5, 0.6) is 5.75 Å². The van der Waals surface area contributed by atoms with Gasteiger partial charge in [-0.2, -0.15) is 13.2 Å². The molecule has 0 bridgehead atoms. The van der Waals surface area contributed by atoms with Crippen molar-refractivity contribution in [2.75, 3.05) is 18.4 Å². The van der Waals surface area contributed by atoms with E-state index in [9.17, 15) is 26.7 Å². The Balaban J connectivity index is 1.32. The first-order chi connectivity index (χ1) is 18.0. The number of carbonyl (C=O) groups excluding carboxylic acids is 1. The van der Waals surface area contributed by atoms with Gasteiger partial charge in [0, 0.05) is 37.1 Å². The van der Waals surface area contributed by atoms with Crippen molar-refractivity contribution < 1.29 is 31.5 Å². The summed E-state index contributed by atoms with van der Waals surface area (Å²) in [5.41, 5.74) is 0.153. The van der Waals surface area contributed by atoms with Crippen molar-refractivity contribution in [3.63, 3.8) is 0 Å². The quantitative estimate of drug-likeness (QED) is 0.392. The number of amides is 1. The molecule has 5 rings (SSSR count). The van der Waals surface area contributed by atoms with Crippen molar-refractivity contribution in [2.24, 2.45) is 5.41 Å². The molecule has 2 aliphatic rings. The molecular formula is C27H25F5N4O2. The number of anilines is 1. The Bertz CT molecular complexity index is 1320. The van der Waals surface area contributed by atoms with Gasteiger partial charge in [-0.25, -0.2) is 18.7 Å². The van der Waals surface area contributed by atoms with Crippen molar-refractivity contribution in [2.45, 2.75) is 45.0 Å². The second-order valence-corrected chi connectivity index (χ2v) is 9.97. The normalized spacial score (nSPS) is 18.1. The van der Waals surface area contributed by atoms with E-state index >= 15 is 0 Å². The molecule has 3 aromatic rings. The number of benzene rings is 1. The number of nitrogens with one attached hydrogen (secondary N) is 1. The van der Waals surface area contributed by atoms with Gasteiger partial charge < -0.3 is 15.0 Å². The number of aryl methyl sites for hydroxylation is 1. The van der Waals surface area contributed by atoms with E-state index in [0.29, 0.717) is 18.8 Å². The van der Waals surface area contributed by atoms with Crippen LogP contribution in [0.15, 0.2) is 48.7 Å². The van der Waals surface area contributed by atoms with E-state index in [-0.39, 0.29) is 46.8 Å². The minimum atomic E-state index is -4.47. The van der Waals surface area contributed by atoms with Gasteiger partial charge in [0.15, 0.2) is 11.4 Å². The average Bonchev–Trinajstić information content (AvgIpc) is 3.51. The van der Waals surface area contributed by atoms with Crippen LogP contribution in [0.2, 0.25) is 0 Å². The molecule has 1 N–H and O–H groups in total. The molecular weight excluding hydrogens is 507 g/mol. The molecule has 1 spiro atoms. The predicted molar refractivity (Wildman–Crippen MR) is 129 cm³/mol. The van der Waals surface area contributed by atoms with Crippen LogP contribution in [0, 0.1) is 24.0 Å². The predicted octanol–water partition coefficient (Wildman–Crippen LogP) is 5.77. The number of likely N-dealkylation sites (tertiary alicyclic amines) is 1. The Hall–Kier alpha value is -3.76. The Morgan fingerprint density at radius 2 is 1.87 bits per heavy atom. The van der Waals surface area contributed by atoms with Crippen LogP contribution < -0.4 is 10.1 Å². The maximum absolute atomic E-state index is 13.7. The van der Waals surface area contributed by atoms with Crippen LogP contribution in [0.25, 0.3) is 0 Å². The summed E-state index contributed by atoms with van der Waals surface area (Å²) in [7, 11) is 0. The number of aromatic nitrogens is 2. The highest BCUT2D eigenvalue weighted by Gasteiger charge is 2.53. The Morgan fingerprint density at radius 3 is 2.50 bits per heavy atom. The minimum absolute atomic E-state index is 0.0273. The molecule has 1 saturated carbocycles. The van der Waals surface area contributed by atoms with Crippen LogP contribution in [0.3, 0.4) is 0 Å². The second-order valence-electron chi connectivity index (χ2n) is 9.97. The molecule has 11 heteroatoms. The van der Waals surface area contributed by atoms with Crippen molar-refractivity contribution >= 4 is 11.7 Å². The zero-order valence-corrected chi connectivity index (χ0v) is 20.5. The van der Waals surface area contributed by atoms with Crippen molar-refractivity contribution in [1.82, 2.24) is 14.9 Å². The molecule has 38 heavy (non-hydrogen) atoms. The van der Waals surface area contributed by atoms with Gasteiger partial charge >= 0.3 is 6.18 Å². The van der Waals surface area contributed by atoms with Gasteiger partial charge in [-0.3, -0.25) is 4.79 Å². The summed E-state index contributed by atoms with van der Waals surface area (Å²) in [6.07, 6.45) is -0.977. The van der Waals surface area contributed by atoms with Crippen LogP contribution >= 0.6 is 0 Å². The van der Waals surface area contributed by atoms with Crippen molar-refractivity contribution in [1.29, 1.82) is 0 Å². The van der Waals surface area contributed by atoms with E-state index in [4.69, 9.17) is 4.74 Å². The molecule has 2 aromatic heterocycles. The smallest absolute Gasteiger partial charge is 0.417 e. The number of carbonyl (C=O) groups is 1. The third-order valence-electron chi connectivity index (χ3n) is 6.96. The number of rotatable bonds is 7. The molecule has 2 fully saturated rings.